The van der Waals surface area contributed by atoms with Crippen LogP contribution in [0.2, 0.25) is 0 Å². The van der Waals surface area contributed by atoms with E-state index in [2.05, 4.69) is 10.8 Å². The maximum absolute atomic E-state index is 12.6. The van der Waals surface area contributed by atoms with E-state index < -0.39 is 95.1 Å². The van der Waals surface area contributed by atoms with Gasteiger partial charge in [0.25, 0.3) is 0 Å². The van der Waals surface area contributed by atoms with Crippen LogP contribution in [-0.4, -0.2) is 107 Å². The molecule has 334 valence electrons. The molecule has 4 aromatic rings. The summed E-state index contributed by atoms with van der Waals surface area (Å²) in [5.41, 5.74) is 2.70. The summed E-state index contributed by atoms with van der Waals surface area (Å²) in [6, 6.07) is 35.8. The minimum atomic E-state index is -5.56. The molecule has 11 atom stereocenters. The van der Waals surface area contributed by atoms with Crippen LogP contribution in [0.5, 0.6) is 0 Å². The molecule has 3 fully saturated rings. The maximum atomic E-state index is 12.6. The molecule has 0 amide bonds. The van der Waals surface area contributed by atoms with Gasteiger partial charge in [-0.2, -0.15) is 0 Å². The molecule has 3 aliphatic heterocycles. The van der Waals surface area contributed by atoms with E-state index in [9.17, 15) is 25.9 Å². The van der Waals surface area contributed by atoms with Crippen molar-refractivity contribution in [3.05, 3.63) is 156 Å². The molecule has 0 saturated carbocycles. The number of benzene rings is 4. The van der Waals surface area contributed by atoms with Crippen molar-refractivity contribution >= 4 is 20.8 Å². The molecule has 0 radical (unpaired) electrons. The van der Waals surface area contributed by atoms with Crippen LogP contribution in [0.15, 0.2) is 134 Å². The molecule has 0 spiro atoms. The quantitative estimate of drug-likeness (QED) is 0.0415. The molecule has 64 heavy (non-hydrogen) atoms. The van der Waals surface area contributed by atoms with Gasteiger partial charge in [-0.15, -0.1) is 6.58 Å². The van der Waals surface area contributed by atoms with Gasteiger partial charge in [-0.3, -0.25) is 8.37 Å². The molecular weight excluding hydrogens is 899 g/mol. The van der Waals surface area contributed by atoms with Crippen molar-refractivity contribution in [3.8, 4) is 0 Å². The van der Waals surface area contributed by atoms with E-state index in [-0.39, 0.29) is 92.1 Å². The van der Waals surface area contributed by atoms with Gasteiger partial charge in [0, 0.05) is 5.56 Å². The third-order valence-corrected chi connectivity index (χ3v) is 11.0. The summed E-state index contributed by atoms with van der Waals surface area (Å²) in [7, 11) is -10.9. The molecule has 3 saturated heterocycles. The Morgan fingerprint density at radius 3 is 1.59 bits per heavy atom. The summed E-state index contributed by atoms with van der Waals surface area (Å²) in [6.45, 7) is 2.42. The summed E-state index contributed by atoms with van der Waals surface area (Å²) < 4.78 is 141. The molecule has 17 nitrogen and oxygen atoms in total. The van der Waals surface area contributed by atoms with Gasteiger partial charge in [0.05, 0.1) is 39.6 Å². The van der Waals surface area contributed by atoms with Crippen molar-refractivity contribution in [1.29, 1.82) is 0 Å². The molecular formula is C43H46Na2O17S2. The number of hydrogen-bond donors (Lipinski definition) is 0. The first-order chi connectivity index (χ1) is 29.9. The molecule has 4 aromatic carbocycles. The van der Waals surface area contributed by atoms with Crippen molar-refractivity contribution < 1.29 is 136 Å². The first kappa shape index (κ1) is 53.0. The fourth-order valence-electron chi connectivity index (χ4n) is 7.30. The van der Waals surface area contributed by atoms with E-state index in [1.807, 2.05) is 60.7 Å². The Kier molecular flexibility index (Phi) is 21.0. The zero-order valence-corrected chi connectivity index (χ0v) is 40.8. The fraction of sp³-hybridized carbons (Fsp3) is 0.395. The third kappa shape index (κ3) is 15.3. The second-order valence-electron chi connectivity index (χ2n) is 14.4. The van der Waals surface area contributed by atoms with Gasteiger partial charge in [0.15, 0.2) is 18.9 Å². The number of hydrogen-bond acceptors (Lipinski definition) is 17. The zero-order valence-electron chi connectivity index (χ0n) is 35.2. The molecule has 7 rings (SSSR count). The van der Waals surface area contributed by atoms with E-state index in [0.29, 0.717) is 16.7 Å². The summed E-state index contributed by atoms with van der Waals surface area (Å²) in [5.74, 6) is 0. The number of fused-ring (bicyclic) bond motifs is 1. The van der Waals surface area contributed by atoms with Gasteiger partial charge < -0.3 is 51.7 Å². The molecule has 21 heteroatoms. The molecule has 0 aliphatic carbocycles. The third-order valence-electron chi connectivity index (χ3n) is 10.1. The van der Waals surface area contributed by atoms with E-state index >= 15 is 0 Å². The monoisotopic (exact) mass is 944 g/mol. The second-order valence-corrected chi connectivity index (χ2v) is 16.5. The van der Waals surface area contributed by atoms with Crippen molar-refractivity contribution in [2.24, 2.45) is 0 Å². The van der Waals surface area contributed by atoms with E-state index in [1.54, 1.807) is 60.7 Å². The van der Waals surface area contributed by atoms with Gasteiger partial charge in [-0.05, 0) is 16.7 Å². The van der Waals surface area contributed by atoms with Crippen LogP contribution in [-0.2, 0) is 91.6 Å². The normalized spacial score (nSPS) is 28.2. The maximum Gasteiger partial charge on any atom is 1.00 e. The Morgan fingerprint density at radius 1 is 0.594 bits per heavy atom. The van der Waals surface area contributed by atoms with Crippen molar-refractivity contribution in [3.63, 3.8) is 0 Å². The van der Waals surface area contributed by atoms with Crippen molar-refractivity contribution in [2.75, 3.05) is 19.8 Å². The Labute approximate surface area is 417 Å². The van der Waals surface area contributed by atoms with Crippen LogP contribution in [0.4, 0.5) is 0 Å². The summed E-state index contributed by atoms with van der Waals surface area (Å²) in [4.78, 5) is 0. The van der Waals surface area contributed by atoms with E-state index in [4.69, 9.17) is 46.8 Å². The van der Waals surface area contributed by atoms with Crippen LogP contribution in [0.1, 0.15) is 28.5 Å². The zero-order chi connectivity index (χ0) is 43.5. The Balaban J connectivity index is 0.00000385. The average molecular weight is 945 g/mol. The van der Waals surface area contributed by atoms with Crippen molar-refractivity contribution in [2.45, 2.75) is 87.5 Å². The predicted octanol–water partition coefficient (Wildman–Crippen LogP) is -1.78. The van der Waals surface area contributed by atoms with Gasteiger partial charge in [-0.25, -0.2) is 16.8 Å². The van der Waals surface area contributed by atoms with Crippen LogP contribution < -0.4 is 59.1 Å². The van der Waals surface area contributed by atoms with Crippen LogP contribution in [0, 0.1) is 0 Å². The fourth-order valence-corrected chi connectivity index (χ4v) is 8.10. The van der Waals surface area contributed by atoms with E-state index in [1.165, 1.54) is 6.08 Å². The standard InChI is InChI=1S/C43H48O17S2.2Na/c1-2-23-50-42-39(52-25-30-17-9-4-10-18-30)37(36-33(56-42)27-54-41(58-36)32-21-13-6-14-22-32)59-43-40(53-26-31-19-11-5-12-20-31)38(60-62(47,48)49)35(34(57-43)28-55-61(44,45)46)51-24-29-15-7-3-8-16-29;;/h2-22,33-43H,1,23-28H2,(H,44,45,46)(H,47,48,49);;/q;2*+1/p-2/t33-,34-,35+,36+,37+,38+,39-,40-,41?,42-,43-;;/m1../s1. The first-order valence-corrected chi connectivity index (χ1v) is 22.3. The van der Waals surface area contributed by atoms with Crippen LogP contribution in [0.25, 0.3) is 0 Å². The Hall–Kier alpha value is -2.00. The van der Waals surface area contributed by atoms with Gasteiger partial charge in [-0.1, -0.05) is 127 Å². The van der Waals surface area contributed by atoms with Crippen molar-refractivity contribution in [1.82, 2.24) is 0 Å². The first-order valence-electron chi connectivity index (χ1n) is 19.7. The molecule has 3 aliphatic rings. The molecule has 0 aromatic heterocycles. The molecule has 0 bridgehead atoms. The van der Waals surface area contributed by atoms with Gasteiger partial charge in [0.2, 0.25) is 20.8 Å². The summed E-state index contributed by atoms with van der Waals surface area (Å²) in [6.07, 6.45) is -13.2. The largest absolute Gasteiger partial charge is 1.00 e. The van der Waals surface area contributed by atoms with Crippen LogP contribution >= 0.6 is 0 Å². The predicted molar refractivity (Wildman–Crippen MR) is 214 cm³/mol. The van der Waals surface area contributed by atoms with E-state index in [0.717, 1.165) is 5.56 Å². The minimum absolute atomic E-state index is 0. The number of rotatable bonds is 20. The average Bonchev–Trinajstić information content (AvgIpc) is 3.27. The smallest absolute Gasteiger partial charge is 0.726 e. The Morgan fingerprint density at radius 2 is 1.09 bits per heavy atom. The topological polar surface area (TPSA) is 216 Å². The SMILES string of the molecule is C=CCO[C@@H]1O[C@@H]2COC(c3ccccc3)O[C@@H]2[C@H](O[C@H]2O[C@H](COS(=O)(=O)[O-])[C@H](OCc3ccccc3)[C@H](OS(=O)(=O)[O-])[C@H]2OCc2ccccc2)[C@H]1OCc1ccccc1.[Na+].[Na+]. The summed E-state index contributed by atoms with van der Waals surface area (Å²) in [5, 5.41) is 0. The second kappa shape index (κ2) is 25.4. The number of ether oxygens (including phenoxy) is 9. The van der Waals surface area contributed by atoms with Crippen LogP contribution in [0.3, 0.4) is 0 Å². The molecule has 3 heterocycles. The minimum Gasteiger partial charge on any atom is -0.726 e. The summed E-state index contributed by atoms with van der Waals surface area (Å²) >= 11 is 0. The van der Waals surface area contributed by atoms with Gasteiger partial charge in [0.1, 0.15) is 48.8 Å². The Bertz CT molecular complexity index is 2220. The molecule has 1 unspecified atom stereocenters. The van der Waals surface area contributed by atoms with Gasteiger partial charge >= 0.3 is 59.1 Å². The molecule has 0 N–H and O–H groups in total.